The number of carbonyl (C=O) groups is 2. The Morgan fingerprint density at radius 3 is 2.39 bits per heavy atom. The van der Waals surface area contributed by atoms with Crippen LogP contribution in [0.1, 0.15) is 33.0 Å². The van der Waals surface area contributed by atoms with Crippen LogP contribution in [-0.2, 0) is 22.6 Å². The van der Waals surface area contributed by atoms with Crippen LogP contribution in [0, 0.1) is 20.8 Å². The summed E-state index contributed by atoms with van der Waals surface area (Å²) in [5.41, 5.74) is 4.20. The Kier molecular flexibility index (Phi) is 5.94. The average molecular weight is 398 g/mol. The van der Waals surface area contributed by atoms with Gasteiger partial charge in [0.2, 0.25) is 5.78 Å². The molecule has 0 aliphatic rings. The van der Waals surface area contributed by atoms with Crippen LogP contribution in [-0.4, -0.2) is 27.5 Å². The van der Waals surface area contributed by atoms with Gasteiger partial charge in [-0.2, -0.15) is 0 Å². The molecule has 0 bridgehead atoms. The molecular formula is C21H22N2O4S. The molecule has 3 aromatic rings. The van der Waals surface area contributed by atoms with E-state index in [1.54, 1.807) is 12.3 Å². The Morgan fingerprint density at radius 1 is 1.04 bits per heavy atom. The normalized spacial score (nSPS) is 10.8. The van der Waals surface area contributed by atoms with Gasteiger partial charge in [0, 0.05) is 34.6 Å². The first kappa shape index (κ1) is 19.8. The summed E-state index contributed by atoms with van der Waals surface area (Å²) in [5.74, 6) is -0.856. The number of ketones is 1. The maximum atomic E-state index is 12.6. The van der Waals surface area contributed by atoms with Crippen LogP contribution < -0.4 is 4.87 Å². The van der Waals surface area contributed by atoms with Crippen molar-refractivity contribution in [2.45, 2.75) is 33.9 Å². The molecule has 0 aliphatic carbocycles. The SMILES string of the molecule is Cc1cc(C(=O)COC(=O)Cn2c(C)csc2=O)c(C)n1Cc1ccccc1. The van der Waals surface area contributed by atoms with Crippen molar-refractivity contribution in [3.8, 4) is 0 Å². The number of carbonyl (C=O) groups excluding carboxylic acids is 2. The van der Waals surface area contributed by atoms with E-state index in [-0.39, 0.29) is 23.8 Å². The Hall–Kier alpha value is -2.93. The average Bonchev–Trinajstić information content (AvgIpc) is 3.14. The molecule has 3 rings (SSSR count). The van der Waals surface area contributed by atoms with Crippen LogP contribution in [0.15, 0.2) is 46.6 Å². The summed E-state index contributed by atoms with van der Waals surface area (Å²) in [7, 11) is 0. The molecule has 6 nitrogen and oxygen atoms in total. The second-order valence-corrected chi connectivity index (χ2v) is 7.49. The summed E-state index contributed by atoms with van der Waals surface area (Å²) < 4.78 is 8.52. The first-order valence-corrected chi connectivity index (χ1v) is 9.79. The van der Waals surface area contributed by atoms with Gasteiger partial charge in [0.05, 0.1) is 0 Å². The Bertz CT molecular complexity index is 1060. The number of hydrogen-bond donors (Lipinski definition) is 0. The summed E-state index contributed by atoms with van der Waals surface area (Å²) in [6.07, 6.45) is 0. The largest absolute Gasteiger partial charge is 0.456 e. The lowest BCUT2D eigenvalue weighted by molar-refractivity contribution is -0.143. The summed E-state index contributed by atoms with van der Waals surface area (Å²) in [5, 5.41) is 1.68. The van der Waals surface area contributed by atoms with Crippen molar-refractivity contribution < 1.29 is 14.3 Å². The van der Waals surface area contributed by atoms with Crippen molar-refractivity contribution in [3.63, 3.8) is 0 Å². The Balaban J connectivity index is 1.65. The fourth-order valence-electron chi connectivity index (χ4n) is 3.09. The molecule has 2 aromatic heterocycles. The summed E-state index contributed by atoms with van der Waals surface area (Å²) in [6.45, 7) is 5.73. The molecule has 146 valence electrons. The van der Waals surface area contributed by atoms with Crippen molar-refractivity contribution in [2.75, 3.05) is 6.61 Å². The predicted octanol–water partition coefficient (Wildman–Crippen LogP) is 3.11. The summed E-state index contributed by atoms with van der Waals surface area (Å²) in [4.78, 5) is 36.0. The van der Waals surface area contributed by atoms with Crippen LogP contribution in [0.3, 0.4) is 0 Å². The zero-order valence-electron chi connectivity index (χ0n) is 16.1. The molecule has 0 spiro atoms. The van der Waals surface area contributed by atoms with Gasteiger partial charge in [0.25, 0.3) is 0 Å². The molecule has 0 atom stereocenters. The Morgan fingerprint density at radius 2 is 1.75 bits per heavy atom. The molecule has 0 saturated carbocycles. The number of Topliss-reactive ketones (excluding diaryl/α,β-unsaturated/α-hetero) is 1. The first-order valence-electron chi connectivity index (χ1n) is 8.91. The van der Waals surface area contributed by atoms with Gasteiger partial charge in [-0.25, -0.2) is 0 Å². The minimum Gasteiger partial charge on any atom is -0.456 e. The third-order valence-corrected chi connectivity index (χ3v) is 5.57. The van der Waals surface area contributed by atoms with E-state index < -0.39 is 5.97 Å². The highest BCUT2D eigenvalue weighted by Crippen LogP contribution is 2.18. The van der Waals surface area contributed by atoms with Gasteiger partial charge >= 0.3 is 10.8 Å². The van der Waals surface area contributed by atoms with Gasteiger partial charge in [-0.3, -0.25) is 19.0 Å². The van der Waals surface area contributed by atoms with Gasteiger partial charge in [-0.05, 0) is 32.4 Å². The minimum absolute atomic E-state index is 0.186. The molecule has 0 aliphatic heterocycles. The molecule has 0 N–H and O–H groups in total. The molecule has 0 fully saturated rings. The van der Waals surface area contributed by atoms with Crippen LogP contribution in [0.2, 0.25) is 0 Å². The topological polar surface area (TPSA) is 70.3 Å². The van der Waals surface area contributed by atoms with Gasteiger partial charge in [0.1, 0.15) is 6.54 Å². The quantitative estimate of drug-likeness (QED) is 0.453. The Labute approximate surface area is 167 Å². The van der Waals surface area contributed by atoms with Crippen LogP contribution in [0.4, 0.5) is 0 Å². The third-order valence-electron chi connectivity index (χ3n) is 4.69. The fraction of sp³-hybridized carbons (Fsp3) is 0.286. The van der Waals surface area contributed by atoms with Gasteiger partial charge in [0.15, 0.2) is 6.61 Å². The van der Waals surface area contributed by atoms with E-state index in [2.05, 4.69) is 4.57 Å². The highest BCUT2D eigenvalue weighted by atomic mass is 32.1. The lowest BCUT2D eigenvalue weighted by Crippen LogP contribution is -2.24. The van der Waals surface area contributed by atoms with Crippen molar-refractivity contribution in [2.24, 2.45) is 0 Å². The molecule has 0 radical (unpaired) electrons. The predicted molar refractivity (Wildman–Crippen MR) is 108 cm³/mol. The smallest absolute Gasteiger partial charge is 0.326 e. The first-order chi connectivity index (χ1) is 13.4. The van der Waals surface area contributed by atoms with E-state index in [1.807, 2.05) is 50.2 Å². The van der Waals surface area contributed by atoms with Gasteiger partial charge in [-0.1, -0.05) is 41.7 Å². The number of esters is 1. The molecule has 7 heteroatoms. The lowest BCUT2D eigenvalue weighted by atomic mass is 10.1. The molecule has 2 heterocycles. The van der Waals surface area contributed by atoms with Crippen molar-refractivity contribution in [1.29, 1.82) is 0 Å². The maximum absolute atomic E-state index is 12.6. The number of aryl methyl sites for hydroxylation is 2. The summed E-state index contributed by atoms with van der Waals surface area (Å²) >= 11 is 1.03. The molecule has 0 saturated heterocycles. The molecule has 0 amide bonds. The van der Waals surface area contributed by atoms with Crippen molar-refractivity contribution >= 4 is 23.1 Å². The second kappa shape index (κ2) is 8.39. The van der Waals surface area contributed by atoms with E-state index in [0.717, 1.165) is 28.3 Å². The number of thiazole rings is 1. The third kappa shape index (κ3) is 4.31. The fourth-order valence-corrected chi connectivity index (χ4v) is 3.82. The number of rotatable bonds is 7. The second-order valence-electron chi connectivity index (χ2n) is 6.67. The number of hydrogen-bond acceptors (Lipinski definition) is 5. The summed E-state index contributed by atoms with van der Waals surface area (Å²) in [6, 6.07) is 11.8. The van der Waals surface area contributed by atoms with Crippen molar-refractivity contribution in [3.05, 3.63) is 79.7 Å². The van der Waals surface area contributed by atoms with E-state index in [1.165, 1.54) is 4.57 Å². The minimum atomic E-state index is -0.602. The van der Waals surface area contributed by atoms with Crippen LogP contribution in [0.5, 0.6) is 0 Å². The number of aromatic nitrogens is 2. The molecule has 0 unspecified atom stereocenters. The monoisotopic (exact) mass is 398 g/mol. The highest BCUT2D eigenvalue weighted by Gasteiger charge is 2.18. The molecule has 28 heavy (non-hydrogen) atoms. The van der Waals surface area contributed by atoms with Crippen molar-refractivity contribution in [1.82, 2.24) is 9.13 Å². The molecule has 1 aromatic carbocycles. The van der Waals surface area contributed by atoms with Gasteiger partial charge in [-0.15, -0.1) is 0 Å². The number of benzene rings is 1. The number of ether oxygens (including phenoxy) is 1. The van der Waals surface area contributed by atoms with Gasteiger partial charge < -0.3 is 9.30 Å². The van der Waals surface area contributed by atoms with E-state index in [9.17, 15) is 14.4 Å². The lowest BCUT2D eigenvalue weighted by Gasteiger charge is -2.10. The van der Waals surface area contributed by atoms with Crippen LogP contribution >= 0.6 is 11.3 Å². The maximum Gasteiger partial charge on any atom is 0.326 e. The standard InChI is InChI=1S/C21H22N2O4S/c1-14-9-18(16(3)22(14)10-17-7-5-4-6-8-17)19(24)12-27-20(25)11-23-15(2)13-28-21(23)26/h4-9,13H,10-12H2,1-3H3. The zero-order chi connectivity index (χ0) is 20.3. The van der Waals surface area contributed by atoms with E-state index >= 15 is 0 Å². The van der Waals surface area contributed by atoms with Crippen LogP contribution in [0.25, 0.3) is 0 Å². The zero-order valence-corrected chi connectivity index (χ0v) is 16.9. The molecular weight excluding hydrogens is 376 g/mol. The van der Waals surface area contributed by atoms with E-state index in [4.69, 9.17) is 4.74 Å². The van der Waals surface area contributed by atoms with E-state index in [0.29, 0.717) is 17.8 Å². The number of nitrogens with zero attached hydrogens (tertiary/aromatic N) is 2. The highest BCUT2D eigenvalue weighted by molar-refractivity contribution is 7.07.